The van der Waals surface area contributed by atoms with Crippen LogP contribution in [0.4, 0.5) is 0 Å². The van der Waals surface area contributed by atoms with Crippen molar-refractivity contribution in [3.05, 3.63) is 11.1 Å². The normalized spacial score (nSPS) is 19.5. The zero-order chi connectivity index (χ0) is 22.7. The Balaban J connectivity index is 3.78. The molecule has 5 heteroatoms. The summed E-state index contributed by atoms with van der Waals surface area (Å²) in [6, 6.07) is 0. The largest absolute Gasteiger partial charge is 0.374 e. The summed E-state index contributed by atoms with van der Waals surface area (Å²) < 4.78 is 9.31. The lowest BCUT2D eigenvalue weighted by Crippen LogP contribution is -2.50. The van der Waals surface area contributed by atoms with Crippen molar-refractivity contribution >= 4 is 30.4 Å². The van der Waals surface area contributed by atoms with Gasteiger partial charge in [0.2, 0.25) is 0 Å². The number of hydrogen-bond acceptors (Lipinski definition) is 1. The molecule has 2 nitrogen and oxygen atoms in total. The second-order valence-electron chi connectivity index (χ2n) is 13.5. The van der Waals surface area contributed by atoms with Gasteiger partial charge in [0.25, 0.3) is 0 Å². The van der Waals surface area contributed by atoms with Gasteiger partial charge in [-0.2, -0.15) is 0 Å². The van der Waals surface area contributed by atoms with Crippen molar-refractivity contribution in [2.24, 2.45) is 16.2 Å². The van der Waals surface area contributed by atoms with Gasteiger partial charge in [-0.25, -0.2) is 0 Å². The molecule has 0 saturated heterocycles. The van der Waals surface area contributed by atoms with Crippen LogP contribution in [0.15, 0.2) is 11.1 Å². The molecule has 0 unspecified atom stereocenters. The maximum Gasteiger partial charge on any atom is 0.193 e. The molecular weight excluding hydrogens is 393 g/mol. The van der Waals surface area contributed by atoms with Crippen LogP contribution in [0.1, 0.15) is 62.3 Å². The Bertz CT molecular complexity index is 635. The molecule has 0 saturated carbocycles. The van der Waals surface area contributed by atoms with Gasteiger partial charge in [0.1, 0.15) is 13.8 Å². The van der Waals surface area contributed by atoms with Gasteiger partial charge in [0, 0.05) is 0 Å². The lowest BCUT2D eigenvalue weighted by Gasteiger charge is -2.40. The van der Waals surface area contributed by atoms with Crippen molar-refractivity contribution < 1.29 is 4.43 Å². The fourth-order valence-electron chi connectivity index (χ4n) is 4.01. The van der Waals surface area contributed by atoms with E-state index in [2.05, 4.69) is 113 Å². The summed E-state index contributed by atoms with van der Waals surface area (Å²) in [6.07, 6.45) is 0. The number of rotatable bonds is 5. The number of hydrogen-bond donors (Lipinski definition) is 0. The maximum absolute atomic E-state index is 6.80. The van der Waals surface area contributed by atoms with E-state index in [0.29, 0.717) is 0 Å². The predicted octanol–water partition coefficient (Wildman–Crippen LogP) is 7.83. The summed E-state index contributed by atoms with van der Waals surface area (Å²) in [5.41, 5.74) is 5.00. The van der Waals surface area contributed by atoms with Crippen molar-refractivity contribution in [1.82, 2.24) is 4.57 Å². The summed E-state index contributed by atoms with van der Waals surface area (Å²) in [4.78, 5) is 0. The van der Waals surface area contributed by atoms with Gasteiger partial charge in [-0.3, -0.25) is 4.57 Å². The Morgan fingerprint density at radius 2 is 1.14 bits per heavy atom. The first kappa shape index (κ1) is 26.3. The van der Waals surface area contributed by atoms with E-state index in [1.807, 2.05) is 0 Å². The fourth-order valence-corrected chi connectivity index (χ4v) is 9.29. The molecule has 0 atom stereocenters. The van der Waals surface area contributed by atoms with Crippen molar-refractivity contribution in [3.8, 4) is 0 Å². The van der Waals surface area contributed by atoms with E-state index in [1.165, 1.54) is 13.8 Å². The molecule has 28 heavy (non-hydrogen) atoms. The molecule has 0 heterocycles. The molecule has 1 aliphatic rings. The molecule has 0 aromatic carbocycles. The molecule has 0 aromatic rings. The van der Waals surface area contributed by atoms with Gasteiger partial charge in [-0.15, -0.1) is 0 Å². The highest BCUT2D eigenvalue weighted by atomic mass is 31.1. The van der Waals surface area contributed by atoms with Crippen LogP contribution >= 0.6 is 8.20 Å². The van der Waals surface area contributed by atoms with E-state index in [-0.39, 0.29) is 21.4 Å². The first-order valence-corrected chi connectivity index (χ1v) is 18.5. The molecule has 0 fully saturated rings. The first-order chi connectivity index (χ1) is 12.0. The average molecular weight is 442 g/mol. The zero-order valence-electron chi connectivity index (χ0n) is 21.8. The predicted molar refractivity (Wildman–Crippen MR) is 136 cm³/mol. The molecule has 1 rings (SSSR count). The highest BCUT2D eigenvalue weighted by Gasteiger charge is 2.65. The van der Waals surface area contributed by atoms with Crippen LogP contribution in [0.2, 0.25) is 39.3 Å². The second-order valence-corrected chi connectivity index (χ2v) is 24.3. The summed E-state index contributed by atoms with van der Waals surface area (Å²) >= 11 is 0. The van der Waals surface area contributed by atoms with E-state index < -0.39 is 16.6 Å². The summed E-state index contributed by atoms with van der Waals surface area (Å²) in [5, 5.41) is 0.0758. The minimum atomic E-state index is -1.71. The Hall–Kier alpha value is 0.264. The zero-order valence-corrected chi connectivity index (χ0v) is 24.7. The lowest BCUT2D eigenvalue weighted by atomic mass is 9.77. The van der Waals surface area contributed by atoms with Crippen LogP contribution in [0.3, 0.4) is 0 Å². The fraction of sp³-hybridized carbons (Fsp3) is 0.870. The smallest absolute Gasteiger partial charge is 0.193 e. The second kappa shape index (κ2) is 7.44. The lowest BCUT2D eigenvalue weighted by molar-refractivity contribution is 0.342. The van der Waals surface area contributed by atoms with Crippen molar-refractivity contribution in [1.29, 1.82) is 0 Å². The Kier molecular flexibility index (Phi) is 6.99. The SMILES string of the molecule is CN(C(O[Si](C)(C)C)=PC1(C(C)(C)C)C(C(C)(C)C)=C1C(C)(C)C)[Si](C)(C)C. The van der Waals surface area contributed by atoms with Crippen LogP contribution in [0, 0.1) is 16.2 Å². The standard InChI is InChI=1S/C23H48NOPSi2/c1-20(2,3)17-18(21(4,5)6)23(17,22(7,8)9)26-19(25-28(14,15)16)24(10)27(11,12)13/h1-16H3. The molecule has 0 amide bonds. The Labute approximate surface area is 180 Å². The average Bonchev–Trinajstić information content (AvgIpc) is 3.04. The van der Waals surface area contributed by atoms with Gasteiger partial charge >= 0.3 is 0 Å². The van der Waals surface area contributed by atoms with Crippen molar-refractivity contribution in [2.75, 3.05) is 7.05 Å². The highest BCUT2D eigenvalue weighted by Crippen LogP contribution is 2.73. The van der Waals surface area contributed by atoms with Gasteiger partial charge in [-0.1, -0.05) is 82.0 Å². The van der Waals surface area contributed by atoms with Gasteiger partial charge < -0.3 is 4.43 Å². The van der Waals surface area contributed by atoms with E-state index in [0.717, 1.165) is 0 Å². The molecule has 1 aliphatic carbocycles. The van der Waals surface area contributed by atoms with Crippen LogP contribution in [0.25, 0.3) is 0 Å². The molecule has 0 aromatic heterocycles. The number of nitrogens with zero attached hydrogens (tertiary/aromatic N) is 1. The topological polar surface area (TPSA) is 12.5 Å². The molecule has 0 aliphatic heterocycles. The maximum atomic E-state index is 6.80. The molecule has 0 N–H and O–H groups in total. The van der Waals surface area contributed by atoms with Gasteiger partial charge in [0.05, 0.1) is 5.16 Å². The quantitative estimate of drug-likeness (QED) is 0.245. The van der Waals surface area contributed by atoms with E-state index >= 15 is 0 Å². The molecular formula is C23H48NOPSi2. The minimum absolute atomic E-state index is 0.0758. The third-order valence-corrected chi connectivity index (χ3v) is 10.9. The van der Waals surface area contributed by atoms with Crippen LogP contribution in [-0.4, -0.2) is 38.9 Å². The van der Waals surface area contributed by atoms with Crippen molar-refractivity contribution in [3.63, 3.8) is 0 Å². The monoisotopic (exact) mass is 441 g/mol. The van der Waals surface area contributed by atoms with Gasteiger partial charge in [0.15, 0.2) is 8.32 Å². The third-order valence-electron chi connectivity index (χ3n) is 5.45. The van der Waals surface area contributed by atoms with Gasteiger partial charge in [-0.05, 0) is 62.3 Å². The minimum Gasteiger partial charge on any atom is -0.374 e. The first-order valence-electron chi connectivity index (χ1n) is 10.7. The van der Waals surface area contributed by atoms with E-state index in [4.69, 9.17) is 4.43 Å². The third kappa shape index (κ3) is 5.49. The molecule has 164 valence electrons. The number of allylic oxidation sites excluding steroid dienone is 2. The summed E-state index contributed by atoms with van der Waals surface area (Å²) in [5.74, 6) is 0. The van der Waals surface area contributed by atoms with E-state index in [1.54, 1.807) is 11.1 Å². The summed E-state index contributed by atoms with van der Waals surface area (Å²) in [7, 11) is 0.370. The summed E-state index contributed by atoms with van der Waals surface area (Å²) in [6.45, 7) is 35.7. The Morgan fingerprint density at radius 3 is 1.36 bits per heavy atom. The Morgan fingerprint density at radius 1 is 0.786 bits per heavy atom. The van der Waals surface area contributed by atoms with E-state index in [9.17, 15) is 0 Å². The molecule has 0 spiro atoms. The molecule has 0 radical (unpaired) electrons. The molecule has 0 bridgehead atoms. The van der Waals surface area contributed by atoms with Crippen LogP contribution < -0.4 is 0 Å². The highest BCUT2D eigenvalue weighted by molar-refractivity contribution is 7.43. The van der Waals surface area contributed by atoms with Crippen LogP contribution in [-0.2, 0) is 4.43 Å². The van der Waals surface area contributed by atoms with Crippen LogP contribution in [0.5, 0.6) is 0 Å². The van der Waals surface area contributed by atoms with Crippen molar-refractivity contribution in [2.45, 2.75) is 107 Å².